The minimum Gasteiger partial charge on any atom is -0.378 e. The number of hydrogen-bond donors (Lipinski definition) is 2. The Morgan fingerprint density at radius 2 is 2.35 bits per heavy atom. The monoisotopic (exact) mass is 341 g/mol. The van der Waals surface area contributed by atoms with E-state index in [1.807, 2.05) is 6.26 Å². The minimum atomic E-state index is -0.226. The van der Waals surface area contributed by atoms with Gasteiger partial charge in [0, 0.05) is 26.1 Å². The van der Waals surface area contributed by atoms with E-state index in [9.17, 15) is 4.79 Å². The van der Waals surface area contributed by atoms with Crippen LogP contribution in [0.5, 0.6) is 0 Å². The number of nitrogens with zero attached hydrogens (tertiary/aromatic N) is 3. The Balaban J connectivity index is 1.77. The molecule has 1 unspecified atom stereocenters. The molecular formula is C15H27N5O2S. The molecule has 2 N–H and O–H groups in total. The van der Waals surface area contributed by atoms with Crippen LogP contribution in [-0.4, -0.2) is 59.3 Å². The molecule has 8 heteroatoms. The second-order valence-electron chi connectivity index (χ2n) is 6.08. The normalized spacial score (nSPS) is 18.3. The SMILES string of the molecule is CSc1nnc(CCCNC(=O)C2COCCN2)n1CC(C)C. The second kappa shape index (κ2) is 9.24. The standard InChI is InChI=1S/C15H27N5O2S/c1-11(2)9-20-13(18-19-15(20)23-3)5-4-6-17-14(21)12-10-22-8-7-16-12/h11-12,16H,4-10H2,1-3H3,(H,17,21). The van der Waals surface area contributed by atoms with Crippen molar-refractivity contribution in [2.75, 3.05) is 32.6 Å². The molecule has 0 aliphatic carbocycles. The first kappa shape index (κ1) is 18.2. The summed E-state index contributed by atoms with van der Waals surface area (Å²) in [4.78, 5) is 12.0. The summed E-state index contributed by atoms with van der Waals surface area (Å²) in [6, 6.07) is -0.226. The first-order chi connectivity index (χ1) is 11.1. The van der Waals surface area contributed by atoms with Crippen LogP contribution in [0, 0.1) is 5.92 Å². The largest absolute Gasteiger partial charge is 0.378 e. The molecule has 0 aromatic carbocycles. The molecule has 1 aliphatic heterocycles. The van der Waals surface area contributed by atoms with Gasteiger partial charge in [0.05, 0.1) is 13.2 Å². The summed E-state index contributed by atoms with van der Waals surface area (Å²) in [6.45, 7) is 7.79. The third-order valence-corrected chi connectivity index (χ3v) is 4.31. The molecule has 1 atom stereocenters. The topological polar surface area (TPSA) is 81.1 Å². The van der Waals surface area contributed by atoms with Crippen molar-refractivity contribution in [1.82, 2.24) is 25.4 Å². The van der Waals surface area contributed by atoms with E-state index >= 15 is 0 Å². The van der Waals surface area contributed by atoms with Gasteiger partial charge >= 0.3 is 0 Å². The van der Waals surface area contributed by atoms with Crippen molar-refractivity contribution >= 4 is 17.7 Å². The molecule has 0 saturated carbocycles. The molecule has 1 saturated heterocycles. The molecule has 130 valence electrons. The van der Waals surface area contributed by atoms with Crippen LogP contribution in [-0.2, 0) is 22.5 Å². The maximum absolute atomic E-state index is 12.0. The van der Waals surface area contributed by atoms with Gasteiger partial charge in [-0.15, -0.1) is 10.2 Å². The van der Waals surface area contributed by atoms with Crippen LogP contribution >= 0.6 is 11.8 Å². The molecule has 7 nitrogen and oxygen atoms in total. The zero-order valence-electron chi connectivity index (χ0n) is 14.2. The summed E-state index contributed by atoms with van der Waals surface area (Å²) in [7, 11) is 0. The Labute approximate surface area is 141 Å². The fraction of sp³-hybridized carbons (Fsp3) is 0.800. The quantitative estimate of drug-likeness (QED) is 0.535. The first-order valence-corrected chi connectivity index (χ1v) is 9.39. The highest BCUT2D eigenvalue weighted by atomic mass is 32.2. The van der Waals surface area contributed by atoms with Gasteiger partial charge in [-0.2, -0.15) is 0 Å². The number of thioether (sulfide) groups is 1. The van der Waals surface area contributed by atoms with Crippen LogP contribution < -0.4 is 10.6 Å². The molecule has 1 aliphatic rings. The van der Waals surface area contributed by atoms with E-state index in [-0.39, 0.29) is 11.9 Å². The van der Waals surface area contributed by atoms with Crippen molar-refractivity contribution in [3.63, 3.8) is 0 Å². The van der Waals surface area contributed by atoms with Gasteiger partial charge < -0.3 is 19.9 Å². The number of aromatic nitrogens is 3. The summed E-state index contributed by atoms with van der Waals surface area (Å²) >= 11 is 1.62. The van der Waals surface area contributed by atoms with E-state index in [4.69, 9.17) is 4.74 Å². The van der Waals surface area contributed by atoms with Crippen LogP contribution in [0.4, 0.5) is 0 Å². The van der Waals surface area contributed by atoms with Gasteiger partial charge in [-0.3, -0.25) is 4.79 Å². The van der Waals surface area contributed by atoms with Crippen molar-refractivity contribution in [2.24, 2.45) is 5.92 Å². The number of nitrogens with one attached hydrogen (secondary N) is 2. The van der Waals surface area contributed by atoms with Gasteiger partial charge in [0.2, 0.25) is 5.91 Å². The van der Waals surface area contributed by atoms with E-state index in [0.717, 1.165) is 36.9 Å². The number of aryl methyl sites for hydroxylation is 1. The highest BCUT2D eigenvalue weighted by molar-refractivity contribution is 7.98. The van der Waals surface area contributed by atoms with E-state index in [0.29, 0.717) is 25.7 Å². The third kappa shape index (κ3) is 5.47. The lowest BCUT2D eigenvalue weighted by atomic mass is 10.2. The molecule has 0 radical (unpaired) electrons. The van der Waals surface area contributed by atoms with Crippen molar-refractivity contribution in [3.8, 4) is 0 Å². The highest BCUT2D eigenvalue weighted by Gasteiger charge is 2.20. The smallest absolute Gasteiger partial charge is 0.239 e. The molecule has 2 heterocycles. The molecule has 1 aromatic rings. The average Bonchev–Trinajstić information content (AvgIpc) is 2.93. The summed E-state index contributed by atoms with van der Waals surface area (Å²) in [5, 5.41) is 15.6. The highest BCUT2D eigenvalue weighted by Crippen LogP contribution is 2.16. The molecular weight excluding hydrogens is 314 g/mol. The zero-order valence-corrected chi connectivity index (χ0v) is 15.0. The lowest BCUT2D eigenvalue weighted by Gasteiger charge is -2.22. The molecule has 2 rings (SSSR count). The van der Waals surface area contributed by atoms with Crippen LogP contribution in [0.15, 0.2) is 5.16 Å². The molecule has 0 bridgehead atoms. The maximum atomic E-state index is 12.0. The number of morpholine rings is 1. The van der Waals surface area contributed by atoms with Crippen molar-refractivity contribution in [2.45, 2.75) is 44.4 Å². The molecule has 1 fully saturated rings. The fourth-order valence-electron chi connectivity index (χ4n) is 2.52. The molecule has 1 amide bonds. The van der Waals surface area contributed by atoms with E-state index in [1.54, 1.807) is 11.8 Å². The van der Waals surface area contributed by atoms with E-state index in [1.165, 1.54) is 0 Å². The summed E-state index contributed by atoms with van der Waals surface area (Å²) in [5.41, 5.74) is 0. The van der Waals surface area contributed by atoms with Gasteiger partial charge in [0.25, 0.3) is 0 Å². The van der Waals surface area contributed by atoms with Crippen LogP contribution in [0.2, 0.25) is 0 Å². The van der Waals surface area contributed by atoms with E-state index < -0.39 is 0 Å². The number of rotatable bonds is 8. The number of amides is 1. The number of carbonyl (C=O) groups excluding carboxylic acids is 1. The van der Waals surface area contributed by atoms with Crippen molar-refractivity contribution < 1.29 is 9.53 Å². The predicted octanol–water partition coefficient (Wildman–Crippen LogP) is 0.693. The van der Waals surface area contributed by atoms with Gasteiger partial charge in [-0.05, 0) is 18.6 Å². The Morgan fingerprint density at radius 3 is 3.00 bits per heavy atom. The lowest BCUT2D eigenvalue weighted by molar-refractivity contribution is -0.125. The minimum absolute atomic E-state index is 0.0122. The lowest BCUT2D eigenvalue weighted by Crippen LogP contribution is -2.51. The van der Waals surface area contributed by atoms with Gasteiger partial charge in [-0.1, -0.05) is 25.6 Å². The third-order valence-electron chi connectivity index (χ3n) is 3.64. The Bertz CT molecular complexity index is 500. The number of carbonyl (C=O) groups is 1. The van der Waals surface area contributed by atoms with Crippen molar-refractivity contribution in [1.29, 1.82) is 0 Å². The second-order valence-corrected chi connectivity index (χ2v) is 6.86. The zero-order chi connectivity index (χ0) is 16.7. The molecule has 0 spiro atoms. The average molecular weight is 341 g/mol. The van der Waals surface area contributed by atoms with Gasteiger partial charge in [0.1, 0.15) is 11.9 Å². The van der Waals surface area contributed by atoms with Crippen LogP contribution in [0.1, 0.15) is 26.1 Å². The first-order valence-electron chi connectivity index (χ1n) is 8.16. The molecule has 1 aromatic heterocycles. The fourth-order valence-corrected chi connectivity index (χ4v) is 3.04. The number of ether oxygens (including phenoxy) is 1. The summed E-state index contributed by atoms with van der Waals surface area (Å²) in [5.74, 6) is 1.56. The Hall–Kier alpha value is -1.12. The summed E-state index contributed by atoms with van der Waals surface area (Å²) < 4.78 is 7.49. The Kier molecular flexibility index (Phi) is 7.32. The van der Waals surface area contributed by atoms with Gasteiger partial charge in [-0.25, -0.2) is 0 Å². The van der Waals surface area contributed by atoms with Crippen LogP contribution in [0.25, 0.3) is 0 Å². The Morgan fingerprint density at radius 1 is 1.52 bits per heavy atom. The summed E-state index contributed by atoms with van der Waals surface area (Å²) in [6.07, 6.45) is 3.68. The van der Waals surface area contributed by atoms with Crippen molar-refractivity contribution in [3.05, 3.63) is 5.82 Å². The van der Waals surface area contributed by atoms with Gasteiger partial charge in [0.15, 0.2) is 5.16 Å². The van der Waals surface area contributed by atoms with E-state index in [2.05, 4.69) is 39.2 Å². The number of hydrogen-bond acceptors (Lipinski definition) is 6. The maximum Gasteiger partial charge on any atom is 0.239 e. The predicted molar refractivity (Wildman–Crippen MR) is 90.6 cm³/mol. The molecule has 23 heavy (non-hydrogen) atoms. The van der Waals surface area contributed by atoms with Crippen LogP contribution in [0.3, 0.4) is 0 Å².